The zero-order valence-electron chi connectivity index (χ0n) is 9.94. The van der Waals surface area contributed by atoms with Crippen LogP contribution in [-0.4, -0.2) is 19.2 Å². The first kappa shape index (κ1) is 11.8. The summed E-state index contributed by atoms with van der Waals surface area (Å²) in [5, 5.41) is 0. The number of ether oxygens (including phenoxy) is 2. The SMILES string of the molecule is COc1cccc(C(=O)OC2CCCC2)c1N. The number of para-hydroxylation sites is 1. The maximum Gasteiger partial charge on any atom is 0.340 e. The lowest BCUT2D eigenvalue weighted by molar-refractivity contribution is 0.0319. The number of nitrogens with two attached hydrogens (primary N) is 1. The van der Waals surface area contributed by atoms with Gasteiger partial charge in [-0.25, -0.2) is 4.79 Å². The number of benzene rings is 1. The molecular formula is C13H17NO3. The normalized spacial score (nSPS) is 15.8. The first-order chi connectivity index (χ1) is 8.22. The van der Waals surface area contributed by atoms with Crippen molar-refractivity contribution in [2.24, 2.45) is 0 Å². The third-order valence-electron chi connectivity index (χ3n) is 3.08. The van der Waals surface area contributed by atoms with E-state index in [1.54, 1.807) is 18.2 Å². The molecule has 1 aliphatic rings. The minimum Gasteiger partial charge on any atom is -0.495 e. The molecule has 0 spiro atoms. The van der Waals surface area contributed by atoms with Crippen molar-refractivity contribution in [3.63, 3.8) is 0 Å². The quantitative estimate of drug-likeness (QED) is 0.645. The molecule has 0 radical (unpaired) electrons. The fraction of sp³-hybridized carbons (Fsp3) is 0.462. The van der Waals surface area contributed by atoms with Crippen molar-refractivity contribution in [2.45, 2.75) is 31.8 Å². The number of carbonyl (C=O) groups excluding carboxylic acids is 1. The highest BCUT2D eigenvalue weighted by Gasteiger charge is 2.22. The summed E-state index contributed by atoms with van der Waals surface area (Å²) in [6, 6.07) is 5.12. The highest BCUT2D eigenvalue weighted by Crippen LogP contribution is 2.27. The second-order valence-corrected chi connectivity index (χ2v) is 4.23. The molecule has 1 fully saturated rings. The van der Waals surface area contributed by atoms with Gasteiger partial charge >= 0.3 is 5.97 Å². The lowest BCUT2D eigenvalue weighted by Crippen LogP contribution is -2.16. The Balaban J connectivity index is 2.12. The van der Waals surface area contributed by atoms with Gasteiger partial charge in [-0.15, -0.1) is 0 Å². The Labute approximate surface area is 101 Å². The summed E-state index contributed by atoms with van der Waals surface area (Å²) in [6.07, 6.45) is 4.22. The standard InChI is InChI=1S/C13H17NO3/c1-16-11-8-4-7-10(12(11)14)13(15)17-9-5-2-3-6-9/h4,7-9H,2-3,5-6,14H2,1H3. The van der Waals surface area contributed by atoms with Crippen LogP contribution in [0.5, 0.6) is 5.75 Å². The van der Waals surface area contributed by atoms with Gasteiger partial charge in [0.05, 0.1) is 18.4 Å². The molecule has 4 heteroatoms. The van der Waals surface area contributed by atoms with Gasteiger partial charge in [0.2, 0.25) is 0 Å². The monoisotopic (exact) mass is 235 g/mol. The zero-order chi connectivity index (χ0) is 12.3. The number of methoxy groups -OCH3 is 1. The van der Waals surface area contributed by atoms with Crippen molar-refractivity contribution in [3.05, 3.63) is 23.8 Å². The van der Waals surface area contributed by atoms with Crippen LogP contribution in [0.1, 0.15) is 36.0 Å². The number of anilines is 1. The van der Waals surface area contributed by atoms with Crippen LogP contribution in [0.25, 0.3) is 0 Å². The lowest BCUT2D eigenvalue weighted by Gasteiger charge is -2.13. The number of hydrogen-bond acceptors (Lipinski definition) is 4. The summed E-state index contributed by atoms with van der Waals surface area (Å²) in [4.78, 5) is 11.9. The number of carbonyl (C=O) groups is 1. The predicted molar refractivity (Wildman–Crippen MR) is 65.1 cm³/mol. The van der Waals surface area contributed by atoms with Gasteiger partial charge < -0.3 is 15.2 Å². The van der Waals surface area contributed by atoms with Crippen molar-refractivity contribution in [1.82, 2.24) is 0 Å². The zero-order valence-corrected chi connectivity index (χ0v) is 9.94. The molecule has 17 heavy (non-hydrogen) atoms. The van der Waals surface area contributed by atoms with E-state index in [0.29, 0.717) is 17.0 Å². The molecule has 0 heterocycles. The summed E-state index contributed by atoms with van der Waals surface area (Å²) in [7, 11) is 1.53. The van der Waals surface area contributed by atoms with Crippen LogP contribution < -0.4 is 10.5 Å². The highest BCUT2D eigenvalue weighted by molar-refractivity contribution is 5.96. The van der Waals surface area contributed by atoms with E-state index in [2.05, 4.69) is 0 Å². The Morgan fingerprint density at radius 3 is 2.71 bits per heavy atom. The molecule has 1 saturated carbocycles. The maximum absolute atomic E-state index is 11.9. The first-order valence-corrected chi connectivity index (χ1v) is 5.86. The van der Waals surface area contributed by atoms with Gasteiger partial charge in [-0.1, -0.05) is 6.07 Å². The van der Waals surface area contributed by atoms with Crippen LogP contribution in [0.3, 0.4) is 0 Å². The lowest BCUT2D eigenvalue weighted by atomic mass is 10.1. The third-order valence-corrected chi connectivity index (χ3v) is 3.08. The minimum absolute atomic E-state index is 0.0492. The van der Waals surface area contributed by atoms with E-state index in [4.69, 9.17) is 15.2 Å². The first-order valence-electron chi connectivity index (χ1n) is 5.86. The number of nitrogen functional groups attached to an aromatic ring is 1. The second-order valence-electron chi connectivity index (χ2n) is 4.23. The molecule has 0 saturated heterocycles. The largest absolute Gasteiger partial charge is 0.495 e. The van der Waals surface area contributed by atoms with Crippen LogP contribution in [-0.2, 0) is 4.74 Å². The van der Waals surface area contributed by atoms with Crippen molar-refractivity contribution >= 4 is 11.7 Å². The van der Waals surface area contributed by atoms with E-state index in [1.807, 2.05) is 0 Å². The molecule has 0 atom stereocenters. The average Bonchev–Trinajstić information content (AvgIpc) is 2.82. The molecule has 0 unspecified atom stereocenters. The Morgan fingerprint density at radius 2 is 2.06 bits per heavy atom. The van der Waals surface area contributed by atoms with Crippen LogP contribution in [0.4, 0.5) is 5.69 Å². The third kappa shape index (κ3) is 2.52. The Kier molecular flexibility index (Phi) is 3.52. The Morgan fingerprint density at radius 1 is 1.35 bits per heavy atom. The summed E-state index contributed by atoms with van der Waals surface area (Å²) in [6.45, 7) is 0. The molecule has 0 amide bonds. The van der Waals surface area contributed by atoms with Crippen LogP contribution in [0, 0.1) is 0 Å². The van der Waals surface area contributed by atoms with E-state index in [9.17, 15) is 4.79 Å². The number of hydrogen-bond donors (Lipinski definition) is 1. The van der Waals surface area contributed by atoms with E-state index in [1.165, 1.54) is 7.11 Å². The van der Waals surface area contributed by atoms with E-state index >= 15 is 0 Å². The number of rotatable bonds is 3. The smallest absolute Gasteiger partial charge is 0.340 e. The molecule has 0 aromatic heterocycles. The molecule has 2 rings (SSSR count). The molecule has 0 aliphatic heterocycles. The van der Waals surface area contributed by atoms with Gasteiger partial charge in [0, 0.05) is 0 Å². The van der Waals surface area contributed by atoms with Gasteiger partial charge in [0.15, 0.2) is 0 Å². The molecule has 1 aliphatic carbocycles. The molecule has 1 aromatic rings. The fourth-order valence-corrected chi connectivity index (χ4v) is 2.12. The van der Waals surface area contributed by atoms with E-state index in [0.717, 1.165) is 25.7 Å². The van der Waals surface area contributed by atoms with Crippen LogP contribution >= 0.6 is 0 Å². The van der Waals surface area contributed by atoms with E-state index in [-0.39, 0.29) is 12.1 Å². The Bertz CT molecular complexity index is 411. The highest BCUT2D eigenvalue weighted by atomic mass is 16.5. The molecule has 92 valence electrons. The van der Waals surface area contributed by atoms with Gasteiger partial charge in [0.1, 0.15) is 11.9 Å². The van der Waals surface area contributed by atoms with Crippen LogP contribution in [0.15, 0.2) is 18.2 Å². The summed E-state index contributed by atoms with van der Waals surface area (Å²) >= 11 is 0. The van der Waals surface area contributed by atoms with E-state index < -0.39 is 0 Å². The molecule has 0 bridgehead atoms. The maximum atomic E-state index is 11.9. The van der Waals surface area contributed by atoms with Crippen molar-refractivity contribution in [1.29, 1.82) is 0 Å². The summed E-state index contributed by atoms with van der Waals surface area (Å²) in [5.41, 5.74) is 6.57. The van der Waals surface area contributed by atoms with Crippen molar-refractivity contribution < 1.29 is 14.3 Å². The van der Waals surface area contributed by atoms with Gasteiger partial charge in [-0.3, -0.25) is 0 Å². The predicted octanol–water partition coefficient (Wildman–Crippen LogP) is 2.38. The summed E-state index contributed by atoms with van der Waals surface area (Å²) < 4.78 is 10.5. The second kappa shape index (κ2) is 5.08. The molecule has 4 nitrogen and oxygen atoms in total. The summed E-state index contributed by atoms with van der Waals surface area (Å²) in [5.74, 6) is 0.152. The Hall–Kier alpha value is -1.71. The van der Waals surface area contributed by atoms with Crippen molar-refractivity contribution in [2.75, 3.05) is 12.8 Å². The van der Waals surface area contributed by atoms with Crippen LogP contribution in [0.2, 0.25) is 0 Å². The van der Waals surface area contributed by atoms with Gasteiger partial charge in [-0.2, -0.15) is 0 Å². The van der Waals surface area contributed by atoms with Crippen molar-refractivity contribution in [3.8, 4) is 5.75 Å². The minimum atomic E-state index is -0.353. The fourth-order valence-electron chi connectivity index (χ4n) is 2.12. The molecular weight excluding hydrogens is 218 g/mol. The topological polar surface area (TPSA) is 61.5 Å². The molecule has 2 N–H and O–H groups in total. The number of esters is 1. The molecule has 1 aromatic carbocycles. The van der Waals surface area contributed by atoms with Gasteiger partial charge in [-0.05, 0) is 37.8 Å². The average molecular weight is 235 g/mol. The van der Waals surface area contributed by atoms with Gasteiger partial charge in [0.25, 0.3) is 0 Å².